The number of ether oxygens (including phenoxy) is 2. The molecule has 1 aliphatic heterocycles. The Hall–Kier alpha value is -3.97. The number of halogens is 1. The number of aromatic hydroxyl groups is 1. The van der Waals surface area contributed by atoms with E-state index < -0.39 is 17.7 Å². The molecule has 1 amide bonds. The van der Waals surface area contributed by atoms with E-state index in [-0.39, 0.29) is 28.2 Å². The minimum absolute atomic E-state index is 0.0835. The van der Waals surface area contributed by atoms with E-state index in [2.05, 4.69) is 0 Å². The average Bonchev–Trinajstić information content (AvgIpc) is 3.14. The van der Waals surface area contributed by atoms with Crippen LogP contribution in [0.15, 0.2) is 60.2 Å². The van der Waals surface area contributed by atoms with Crippen molar-refractivity contribution >= 4 is 34.7 Å². The first kappa shape index (κ1) is 28.0. The molecule has 8 heteroatoms. The number of carbonyl (C=O) groups is 2. The third kappa shape index (κ3) is 5.19. The Kier molecular flexibility index (Phi) is 7.66. The minimum atomic E-state index is -1.02. The van der Waals surface area contributed by atoms with Gasteiger partial charge in [0.1, 0.15) is 11.5 Å². The third-order valence-corrected chi connectivity index (χ3v) is 7.02. The first-order valence-corrected chi connectivity index (χ1v) is 13.0. The Morgan fingerprint density at radius 3 is 2.36 bits per heavy atom. The maximum atomic E-state index is 13.7. The number of benzene rings is 3. The summed E-state index contributed by atoms with van der Waals surface area (Å²) >= 11 is 6.18. The molecule has 2 N–H and O–H groups in total. The zero-order valence-electron chi connectivity index (χ0n) is 22.8. The summed E-state index contributed by atoms with van der Waals surface area (Å²) in [6.45, 7) is 9.97. The molecule has 0 radical (unpaired) electrons. The number of aliphatic hydroxyl groups is 1. The highest BCUT2D eigenvalue weighted by atomic mass is 35.5. The van der Waals surface area contributed by atoms with Gasteiger partial charge in [0.05, 0.1) is 30.9 Å². The van der Waals surface area contributed by atoms with Crippen LogP contribution in [0.25, 0.3) is 5.76 Å². The fourth-order valence-corrected chi connectivity index (χ4v) is 4.99. The van der Waals surface area contributed by atoms with Crippen LogP contribution in [0.1, 0.15) is 56.0 Å². The van der Waals surface area contributed by atoms with Gasteiger partial charge in [-0.2, -0.15) is 0 Å². The monoisotopic (exact) mass is 549 g/mol. The molecule has 1 heterocycles. The average molecular weight is 550 g/mol. The quantitative estimate of drug-likeness (QED) is 0.202. The van der Waals surface area contributed by atoms with Gasteiger partial charge < -0.3 is 19.7 Å². The molecule has 4 rings (SSSR count). The Labute approximate surface area is 233 Å². The highest BCUT2D eigenvalue weighted by molar-refractivity contribution is 6.52. The molecule has 0 aromatic heterocycles. The van der Waals surface area contributed by atoms with Crippen LogP contribution in [0.5, 0.6) is 17.2 Å². The van der Waals surface area contributed by atoms with Gasteiger partial charge in [0, 0.05) is 10.7 Å². The number of hydrogen-bond acceptors (Lipinski definition) is 6. The number of carbonyl (C=O) groups excluding carboxylic acids is 2. The molecule has 1 aliphatic rings. The van der Waals surface area contributed by atoms with Gasteiger partial charge in [0.25, 0.3) is 11.7 Å². The summed E-state index contributed by atoms with van der Waals surface area (Å²) in [5.41, 5.74) is 2.45. The highest BCUT2D eigenvalue weighted by Crippen LogP contribution is 2.46. The van der Waals surface area contributed by atoms with E-state index in [4.69, 9.17) is 21.1 Å². The smallest absolute Gasteiger partial charge is 0.300 e. The predicted octanol–water partition coefficient (Wildman–Crippen LogP) is 6.69. The van der Waals surface area contributed by atoms with Gasteiger partial charge in [0.2, 0.25) is 0 Å². The topological polar surface area (TPSA) is 96.3 Å². The van der Waals surface area contributed by atoms with E-state index in [0.717, 1.165) is 5.56 Å². The molecule has 1 atom stereocenters. The van der Waals surface area contributed by atoms with Gasteiger partial charge in [-0.3, -0.25) is 14.5 Å². The number of anilines is 1. The SMILES string of the molecule is CCOc1cc(C2/C(=C(\O)c3cc(C(C)(C)C)ccc3OC)C(=O)C(=O)N2c2ccc(Cl)cc2C)ccc1O. The van der Waals surface area contributed by atoms with Crippen molar-refractivity contribution in [3.8, 4) is 17.2 Å². The molecule has 39 heavy (non-hydrogen) atoms. The second-order valence-corrected chi connectivity index (χ2v) is 10.9. The highest BCUT2D eigenvalue weighted by Gasteiger charge is 2.48. The summed E-state index contributed by atoms with van der Waals surface area (Å²) in [5, 5.41) is 22.6. The maximum absolute atomic E-state index is 13.7. The molecule has 1 saturated heterocycles. The van der Waals surface area contributed by atoms with Crippen molar-refractivity contribution in [2.24, 2.45) is 0 Å². The van der Waals surface area contributed by atoms with Crippen molar-refractivity contribution in [3.05, 3.63) is 87.4 Å². The molecule has 0 saturated carbocycles. The van der Waals surface area contributed by atoms with Gasteiger partial charge in [0.15, 0.2) is 11.5 Å². The zero-order valence-corrected chi connectivity index (χ0v) is 23.6. The summed E-state index contributed by atoms with van der Waals surface area (Å²) in [7, 11) is 1.48. The van der Waals surface area contributed by atoms with Crippen LogP contribution in [0, 0.1) is 6.92 Å². The second-order valence-electron chi connectivity index (χ2n) is 10.4. The van der Waals surface area contributed by atoms with Crippen molar-refractivity contribution in [3.63, 3.8) is 0 Å². The van der Waals surface area contributed by atoms with E-state index in [1.54, 1.807) is 56.3 Å². The van der Waals surface area contributed by atoms with E-state index in [9.17, 15) is 19.8 Å². The lowest BCUT2D eigenvalue weighted by Gasteiger charge is -2.27. The molecule has 0 bridgehead atoms. The zero-order chi connectivity index (χ0) is 28.6. The number of phenols is 1. The number of aryl methyl sites for hydroxylation is 1. The summed E-state index contributed by atoms with van der Waals surface area (Å²) in [6.07, 6.45) is 0. The molecule has 3 aromatic rings. The fourth-order valence-electron chi connectivity index (χ4n) is 4.76. The van der Waals surface area contributed by atoms with Crippen LogP contribution in [-0.2, 0) is 15.0 Å². The molecule has 0 spiro atoms. The lowest BCUT2D eigenvalue weighted by Crippen LogP contribution is -2.30. The molecule has 0 aliphatic carbocycles. The number of hydrogen-bond donors (Lipinski definition) is 2. The van der Waals surface area contributed by atoms with Crippen molar-refractivity contribution in [2.75, 3.05) is 18.6 Å². The predicted molar refractivity (Wildman–Crippen MR) is 152 cm³/mol. The lowest BCUT2D eigenvalue weighted by atomic mass is 9.85. The molecule has 1 fully saturated rings. The number of methoxy groups -OCH3 is 1. The third-order valence-electron chi connectivity index (χ3n) is 6.78. The van der Waals surface area contributed by atoms with Crippen LogP contribution in [-0.4, -0.2) is 35.6 Å². The van der Waals surface area contributed by atoms with Gasteiger partial charge in [-0.1, -0.05) is 44.5 Å². The van der Waals surface area contributed by atoms with Gasteiger partial charge >= 0.3 is 0 Å². The molecule has 3 aromatic carbocycles. The Bertz CT molecular complexity index is 1490. The maximum Gasteiger partial charge on any atom is 0.300 e. The molecular formula is C31H32ClNO6. The van der Waals surface area contributed by atoms with Crippen LogP contribution in [0.3, 0.4) is 0 Å². The Morgan fingerprint density at radius 1 is 1.03 bits per heavy atom. The largest absolute Gasteiger partial charge is 0.507 e. The number of phenolic OH excluding ortho intramolecular Hbond substituents is 1. The number of rotatable bonds is 6. The molecule has 204 valence electrons. The molecular weight excluding hydrogens is 518 g/mol. The van der Waals surface area contributed by atoms with E-state index >= 15 is 0 Å². The Morgan fingerprint density at radius 2 is 1.74 bits per heavy atom. The van der Waals surface area contributed by atoms with E-state index in [1.165, 1.54) is 18.1 Å². The van der Waals surface area contributed by atoms with Crippen LogP contribution >= 0.6 is 11.6 Å². The normalized spacial score (nSPS) is 17.0. The van der Waals surface area contributed by atoms with Crippen molar-refractivity contribution < 1.29 is 29.3 Å². The van der Waals surface area contributed by atoms with Gasteiger partial charge in [-0.15, -0.1) is 0 Å². The van der Waals surface area contributed by atoms with Crippen molar-refractivity contribution in [1.29, 1.82) is 0 Å². The van der Waals surface area contributed by atoms with Crippen LogP contribution < -0.4 is 14.4 Å². The standard InChI is InChI=1S/C31H32ClNO6/c1-7-39-25-15-18(8-12-23(25)34)27-26(28(35)21-16-19(31(3,4)5)9-13-24(21)38-6)29(36)30(37)33(27)22-11-10-20(32)14-17(22)2/h8-16,27,34-35H,7H2,1-6H3/b28-26+. The Balaban J connectivity index is 2.04. The van der Waals surface area contributed by atoms with E-state index in [0.29, 0.717) is 39.8 Å². The lowest BCUT2D eigenvalue weighted by molar-refractivity contribution is -0.132. The molecule has 7 nitrogen and oxygen atoms in total. The van der Waals surface area contributed by atoms with Crippen LogP contribution in [0.4, 0.5) is 5.69 Å². The minimum Gasteiger partial charge on any atom is -0.507 e. The first-order chi connectivity index (χ1) is 18.4. The summed E-state index contributed by atoms with van der Waals surface area (Å²) in [5.74, 6) is -1.54. The number of Topliss-reactive ketones (excluding diaryl/α,β-unsaturated/α-hetero) is 1. The summed E-state index contributed by atoms with van der Waals surface area (Å²) in [6, 6.07) is 14.0. The summed E-state index contributed by atoms with van der Waals surface area (Å²) in [4.78, 5) is 28.6. The fraction of sp³-hybridized carbons (Fsp3) is 0.290. The van der Waals surface area contributed by atoms with E-state index in [1.807, 2.05) is 26.8 Å². The summed E-state index contributed by atoms with van der Waals surface area (Å²) < 4.78 is 11.1. The van der Waals surface area contributed by atoms with Gasteiger partial charge in [-0.05, 0) is 78.4 Å². The van der Waals surface area contributed by atoms with Crippen molar-refractivity contribution in [1.82, 2.24) is 0 Å². The molecule has 1 unspecified atom stereocenters. The number of amides is 1. The second kappa shape index (κ2) is 10.7. The number of nitrogens with zero attached hydrogens (tertiary/aromatic N) is 1. The van der Waals surface area contributed by atoms with Crippen LogP contribution in [0.2, 0.25) is 5.02 Å². The first-order valence-electron chi connectivity index (χ1n) is 12.6. The number of aliphatic hydroxyl groups excluding tert-OH is 1. The van der Waals surface area contributed by atoms with Gasteiger partial charge in [-0.25, -0.2) is 0 Å². The van der Waals surface area contributed by atoms with Crippen molar-refractivity contribution in [2.45, 2.75) is 46.1 Å². The number of ketones is 1.